The van der Waals surface area contributed by atoms with Gasteiger partial charge in [0, 0.05) is 12.1 Å². The fourth-order valence-electron chi connectivity index (χ4n) is 2.85. The minimum absolute atomic E-state index is 0.231. The van der Waals surface area contributed by atoms with Crippen LogP contribution in [-0.2, 0) is 4.79 Å². The smallest absolute Gasteiger partial charge is 0.270 e. The van der Waals surface area contributed by atoms with E-state index < -0.39 is 35.6 Å². The summed E-state index contributed by atoms with van der Waals surface area (Å²) in [5.74, 6) is -4.91. The third-order valence-electron chi connectivity index (χ3n) is 4.54. The third kappa shape index (κ3) is 5.32. The molecule has 0 aromatic heterocycles. The summed E-state index contributed by atoms with van der Waals surface area (Å²) in [7, 11) is 0. The molecular weight excluding hydrogens is 382 g/mol. The normalized spacial score (nSPS) is 21.9. The number of nitrogens with one attached hydrogen (secondary N) is 2. The SMILES string of the molecule is Cc1ccc(NC(=NC(N)=N[C@@H]2CCCC(F)(F)[C@@H]2N)C(=N)C(N)=O)cc1C#N. The summed E-state index contributed by atoms with van der Waals surface area (Å²) < 4.78 is 27.6. The van der Waals surface area contributed by atoms with Crippen LogP contribution in [0.15, 0.2) is 28.2 Å². The van der Waals surface area contributed by atoms with E-state index in [9.17, 15) is 13.6 Å². The Morgan fingerprint density at radius 2 is 2.10 bits per heavy atom. The Balaban J connectivity index is 2.34. The van der Waals surface area contributed by atoms with Crippen LogP contribution >= 0.6 is 0 Å². The van der Waals surface area contributed by atoms with E-state index in [1.165, 1.54) is 6.07 Å². The minimum Gasteiger partial charge on any atom is -0.368 e. The van der Waals surface area contributed by atoms with Crippen molar-refractivity contribution in [3.05, 3.63) is 29.3 Å². The highest BCUT2D eigenvalue weighted by Gasteiger charge is 2.44. The highest BCUT2D eigenvalue weighted by molar-refractivity contribution is 6.67. The number of primary amides is 1. The first-order chi connectivity index (χ1) is 13.5. The maximum Gasteiger partial charge on any atom is 0.270 e. The molecule has 2 atom stereocenters. The quantitative estimate of drug-likeness (QED) is 0.370. The molecule has 1 amide bonds. The van der Waals surface area contributed by atoms with Gasteiger partial charge in [-0.25, -0.2) is 13.8 Å². The topological polar surface area (TPSA) is 180 Å². The number of aryl methyl sites for hydroxylation is 1. The van der Waals surface area contributed by atoms with Crippen LogP contribution in [0.1, 0.15) is 30.4 Å². The fraction of sp³-hybridized carbons (Fsp3) is 0.389. The number of halogens is 2. The molecule has 154 valence electrons. The number of nitriles is 1. The summed E-state index contributed by atoms with van der Waals surface area (Å²) in [6.07, 6.45) is 0.220. The van der Waals surface area contributed by atoms with Gasteiger partial charge in [0.05, 0.1) is 23.7 Å². The number of benzene rings is 1. The number of aliphatic imine (C=N–C) groups is 2. The average Bonchev–Trinajstić information content (AvgIpc) is 2.65. The molecule has 0 bridgehead atoms. The van der Waals surface area contributed by atoms with Gasteiger partial charge in [-0.3, -0.25) is 10.2 Å². The van der Waals surface area contributed by atoms with E-state index in [1.807, 2.05) is 6.07 Å². The Bertz CT molecular complexity index is 919. The second-order valence-corrected chi connectivity index (χ2v) is 6.70. The number of hydrogen-bond donors (Lipinski definition) is 5. The van der Waals surface area contributed by atoms with Crippen molar-refractivity contribution in [3.8, 4) is 6.07 Å². The van der Waals surface area contributed by atoms with Crippen LogP contribution in [0.4, 0.5) is 14.5 Å². The highest BCUT2D eigenvalue weighted by Crippen LogP contribution is 2.33. The molecule has 0 unspecified atom stereocenters. The standard InChI is InChI=1S/C18H22F2N8O/c1-9-4-5-11(7-10(9)8-21)26-16(13(22)15(24)29)28-17(25)27-12-3-2-6-18(19,20)14(12)23/h4-5,7,12,14,22H,2-3,6,23H2,1H3,(H2,24,29)(H3,25,26,27,28)/t12-,14-/m1/s1. The van der Waals surface area contributed by atoms with Crippen LogP contribution in [0.2, 0.25) is 0 Å². The van der Waals surface area contributed by atoms with Gasteiger partial charge in [0.15, 0.2) is 11.5 Å². The number of guanidine groups is 1. The van der Waals surface area contributed by atoms with Crippen molar-refractivity contribution >= 4 is 29.1 Å². The van der Waals surface area contributed by atoms with Gasteiger partial charge < -0.3 is 22.5 Å². The zero-order chi connectivity index (χ0) is 21.8. The number of carbonyl (C=O) groups is 1. The lowest BCUT2D eigenvalue weighted by molar-refractivity contribution is -0.111. The van der Waals surface area contributed by atoms with E-state index in [4.69, 9.17) is 27.9 Å². The first kappa shape index (κ1) is 21.9. The lowest BCUT2D eigenvalue weighted by Crippen LogP contribution is -2.52. The second kappa shape index (κ2) is 8.74. The third-order valence-corrected chi connectivity index (χ3v) is 4.54. The van der Waals surface area contributed by atoms with E-state index in [0.717, 1.165) is 5.56 Å². The molecule has 1 aliphatic rings. The number of alkyl halides is 2. The molecule has 11 heteroatoms. The van der Waals surface area contributed by atoms with Gasteiger partial charge in [0.2, 0.25) is 5.96 Å². The highest BCUT2D eigenvalue weighted by atomic mass is 19.3. The maximum absolute atomic E-state index is 13.8. The number of nitrogens with two attached hydrogens (primary N) is 3. The molecule has 1 aliphatic carbocycles. The predicted octanol–water partition coefficient (Wildman–Crippen LogP) is 1.01. The number of anilines is 1. The van der Waals surface area contributed by atoms with Crippen molar-refractivity contribution in [3.63, 3.8) is 0 Å². The Labute approximate surface area is 166 Å². The van der Waals surface area contributed by atoms with Crippen LogP contribution in [0.5, 0.6) is 0 Å². The van der Waals surface area contributed by atoms with Gasteiger partial charge in [0.1, 0.15) is 0 Å². The molecule has 0 heterocycles. The van der Waals surface area contributed by atoms with E-state index >= 15 is 0 Å². The van der Waals surface area contributed by atoms with Crippen molar-refractivity contribution in [2.45, 2.75) is 44.2 Å². The molecule has 0 aliphatic heterocycles. The zero-order valence-electron chi connectivity index (χ0n) is 15.7. The average molecular weight is 404 g/mol. The van der Waals surface area contributed by atoms with Gasteiger partial charge in [-0.05, 0) is 37.5 Å². The van der Waals surface area contributed by atoms with E-state index in [1.54, 1.807) is 19.1 Å². The molecule has 0 radical (unpaired) electrons. The molecule has 1 aromatic carbocycles. The first-order valence-electron chi connectivity index (χ1n) is 8.77. The molecular formula is C18H22F2N8O. The van der Waals surface area contributed by atoms with Gasteiger partial charge in [-0.2, -0.15) is 10.3 Å². The molecule has 1 saturated carbocycles. The molecule has 0 spiro atoms. The van der Waals surface area contributed by atoms with Crippen molar-refractivity contribution in [1.29, 1.82) is 10.7 Å². The Hall–Kier alpha value is -3.39. The number of amidine groups is 1. The van der Waals surface area contributed by atoms with Crippen molar-refractivity contribution < 1.29 is 13.6 Å². The molecule has 29 heavy (non-hydrogen) atoms. The lowest BCUT2D eigenvalue weighted by atomic mass is 9.88. The van der Waals surface area contributed by atoms with Crippen LogP contribution in [-0.4, -0.2) is 41.4 Å². The van der Waals surface area contributed by atoms with E-state index in [-0.39, 0.29) is 18.7 Å². The van der Waals surface area contributed by atoms with Crippen LogP contribution in [0.3, 0.4) is 0 Å². The monoisotopic (exact) mass is 404 g/mol. The van der Waals surface area contributed by atoms with Crippen molar-refractivity contribution in [1.82, 2.24) is 0 Å². The molecule has 0 saturated heterocycles. The summed E-state index contributed by atoms with van der Waals surface area (Å²) in [6, 6.07) is 4.31. The van der Waals surface area contributed by atoms with E-state index in [2.05, 4.69) is 15.3 Å². The molecule has 2 rings (SSSR count). The van der Waals surface area contributed by atoms with Gasteiger partial charge in [0.25, 0.3) is 11.8 Å². The number of amides is 1. The number of nitrogens with zero attached hydrogens (tertiary/aromatic N) is 3. The summed E-state index contributed by atoms with van der Waals surface area (Å²) >= 11 is 0. The second-order valence-electron chi connectivity index (χ2n) is 6.70. The minimum atomic E-state index is -3.06. The number of carbonyl (C=O) groups excluding carboxylic acids is 1. The lowest BCUT2D eigenvalue weighted by Gasteiger charge is -2.33. The van der Waals surface area contributed by atoms with Crippen LogP contribution < -0.4 is 22.5 Å². The van der Waals surface area contributed by atoms with Crippen LogP contribution in [0, 0.1) is 23.7 Å². The van der Waals surface area contributed by atoms with Gasteiger partial charge >= 0.3 is 0 Å². The van der Waals surface area contributed by atoms with Crippen molar-refractivity contribution in [2.75, 3.05) is 5.32 Å². The summed E-state index contributed by atoms with van der Waals surface area (Å²) in [5.41, 5.74) is 17.3. The number of hydrogen-bond acceptors (Lipinski definition) is 5. The summed E-state index contributed by atoms with van der Waals surface area (Å²) in [4.78, 5) is 19.3. The Morgan fingerprint density at radius 1 is 1.41 bits per heavy atom. The van der Waals surface area contributed by atoms with E-state index in [0.29, 0.717) is 17.7 Å². The summed E-state index contributed by atoms with van der Waals surface area (Å²) in [6.45, 7) is 1.75. The fourth-order valence-corrected chi connectivity index (χ4v) is 2.85. The van der Waals surface area contributed by atoms with Gasteiger partial charge in [-0.1, -0.05) is 6.07 Å². The zero-order valence-corrected chi connectivity index (χ0v) is 15.7. The molecule has 8 N–H and O–H groups in total. The summed E-state index contributed by atoms with van der Waals surface area (Å²) in [5, 5.41) is 19.6. The predicted molar refractivity (Wildman–Crippen MR) is 106 cm³/mol. The van der Waals surface area contributed by atoms with Crippen LogP contribution in [0.25, 0.3) is 0 Å². The molecule has 9 nitrogen and oxygen atoms in total. The largest absolute Gasteiger partial charge is 0.368 e. The first-order valence-corrected chi connectivity index (χ1v) is 8.77. The maximum atomic E-state index is 13.8. The van der Waals surface area contributed by atoms with Crippen molar-refractivity contribution in [2.24, 2.45) is 27.2 Å². The molecule has 1 aromatic rings. The number of rotatable bonds is 4. The Kier molecular flexibility index (Phi) is 6.60. The van der Waals surface area contributed by atoms with Gasteiger partial charge in [-0.15, -0.1) is 0 Å². The Morgan fingerprint density at radius 3 is 2.72 bits per heavy atom. The molecule has 1 fully saturated rings.